The second-order valence-electron chi connectivity index (χ2n) is 2.34. The molecule has 0 aliphatic carbocycles. The third kappa shape index (κ3) is 1.66. The van der Waals surface area contributed by atoms with Crippen LogP contribution in [0.2, 0.25) is 0 Å². The average molecular weight is 327 g/mol. The standard InChI is InChI=1S/C7H8BrIN2/c1-3-5(9)4(2)11-7(8)6(3)10/h10H2,1-2H3. The van der Waals surface area contributed by atoms with Crippen LogP contribution >= 0.6 is 38.5 Å². The van der Waals surface area contributed by atoms with Gasteiger partial charge in [0.15, 0.2) is 0 Å². The lowest BCUT2D eigenvalue weighted by atomic mass is 10.2. The third-order valence-corrected chi connectivity index (χ3v) is 3.73. The maximum absolute atomic E-state index is 5.74. The normalized spacial score (nSPS) is 10.2. The molecule has 1 aromatic heterocycles. The first kappa shape index (κ1) is 9.25. The maximum Gasteiger partial charge on any atom is 0.129 e. The number of nitrogens with two attached hydrogens (primary N) is 1. The van der Waals surface area contributed by atoms with Crippen molar-refractivity contribution in [1.29, 1.82) is 0 Å². The van der Waals surface area contributed by atoms with Crippen LogP contribution in [0.4, 0.5) is 5.69 Å². The highest BCUT2D eigenvalue weighted by atomic mass is 127. The predicted octanol–water partition coefficient (Wildman–Crippen LogP) is 2.65. The number of nitrogen functional groups attached to an aromatic ring is 1. The van der Waals surface area contributed by atoms with E-state index >= 15 is 0 Å². The number of pyridine rings is 1. The smallest absolute Gasteiger partial charge is 0.129 e. The quantitative estimate of drug-likeness (QED) is 0.588. The molecule has 0 radical (unpaired) electrons. The zero-order chi connectivity index (χ0) is 8.59. The zero-order valence-corrected chi connectivity index (χ0v) is 10.0. The second kappa shape index (κ2) is 3.26. The van der Waals surface area contributed by atoms with Crippen molar-refractivity contribution in [3.63, 3.8) is 0 Å². The summed E-state index contributed by atoms with van der Waals surface area (Å²) in [6, 6.07) is 0. The summed E-state index contributed by atoms with van der Waals surface area (Å²) < 4.78 is 1.89. The highest BCUT2D eigenvalue weighted by Gasteiger charge is 2.07. The summed E-state index contributed by atoms with van der Waals surface area (Å²) in [5.74, 6) is 0. The number of rotatable bonds is 0. The molecule has 0 unspecified atom stereocenters. The van der Waals surface area contributed by atoms with Gasteiger partial charge in [-0.1, -0.05) is 0 Å². The fourth-order valence-corrected chi connectivity index (χ4v) is 1.78. The van der Waals surface area contributed by atoms with Crippen LogP contribution in [-0.4, -0.2) is 4.98 Å². The fraction of sp³-hybridized carbons (Fsp3) is 0.286. The molecule has 0 aliphatic rings. The number of halogens is 2. The molecule has 1 aromatic rings. The molecule has 4 heteroatoms. The van der Waals surface area contributed by atoms with Gasteiger partial charge in [0, 0.05) is 3.57 Å². The molecule has 60 valence electrons. The van der Waals surface area contributed by atoms with Gasteiger partial charge in [-0.05, 0) is 57.9 Å². The van der Waals surface area contributed by atoms with Gasteiger partial charge in [0.05, 0.1) is 11.4 Å². The van der Waals surface area contributed by atoms with Gasteiger partial charge in [-0.2, -0.15) is 0 Å². The number of hydrogen-bond donors (Lipinski definition) is 1. The van der Waals surface area contributed by atoms with Gasteiger partial charge in [0.25, 0.3) is 0 Å². The van der Waals surface area contributed by atoms with Gasteiger partial charge >= 0.3 is 0 Å². The van der Waals surface area contributed by atoms with Crippen molar-refractivity contribution in [3.05, 3.63) is 19.4 Å². The number of aryl methyl sites for hydroxylation is 1. The molecule has 11 heavy (non-hydrogen) atoms. The van der Waals surface area contributed by atoms with E-state index in [1.807, 2.05) is 13.8 Å². The van der Waals surface area contributed by atoms with Gasteiger partial charge in [0.2, 0.25) is 0 Å². The molecule has 1 rings (SSSR count). The number of anilines is 1. The van der Waals surface area contributed by atoms with E-state index in [1.165, 1.54) is 0 Å². The van der Waals surface area contributed by atoms with Crippen LogP contribution in [0.1, 0.15) is 11.3 Å². The third-order valence-electron chi connectivity index (χ3n) is 1.54. The number of hydrogen-bond acceptors (Lipinski definition) is 2. The monoisotopic (exact) mass is 326 g/mol. The Hall–Kier alpha value is 0.160. The Morgan fingerprint density at radius 2 is 2.00 bits per heavy atom. The Kier molecular flexibility index (Phi) is 2.74. The van der Waals surface area contributed by atoms with E-state index in [4.69, 9.17) is 5.73 Å². The second-order valence-corrected chi connectivity index (χ2v) is 4.17. The largest absolute Gasteiger partial charge is 0.396 e. The van der Waals surface area contributed by atoms with Crippen molar-refractivity contribution < 1.29 is 0 Å². The van der Waals surface area contributed by atoms with Gasteiger partial charge in [-0.3, -0.25) is 0 Å². The summed E-state index contributed by atoms with van der Waals surface area (Å²) in [5.41, 5.74) is 8.59. The Bertz CT molecular complexity index is 273. The van der Waals surface area contributed by atoms with Crippen LogP contribution in [-0.2, 0) is 0 Å². The molecule has 2 N–H and O–H groups in total. The molecule has 0 saturated heterocycles. The molecule has 0 bridgehead atoms. The summed E-state index contributed by atoms with van der Waals surface area (Å²) in [7, 11) is 0. The Balaban J connectivity index is 3.46. The molecule has 1 heterocycles. The minimum atomic E-state index is 0.736. The predicted molar refractivity (Wildman–Crippen MR) is 58.5 cm³/mol. The number of aromatic nitrogens is 1. The molecule has 0 amide bonds. The van der Waals surface area contributed by atoms with E-state index < -0.39 is 0 Å². The summed E-state index contributed by atoms with van der Waals surface area (Å²) in [6.45, 7) is 3.97. The molecular weight excluding hydrogens is 319 g/mol. The lowest BCUT2D eigenvalue weighted by Gasteiger charge is -2.06. The molecule has 0 aromatic carbocycles. The maximum atomic E-state index is 5.74. The summed E-state index contributed by atoms with van der Waals surface area (Å²) in [4.78, 5) is 4.22. The molecule has 0 atom stereocenters. The highest BCUT2D eigenvalue weighted by molar-refractivity contribution is 14.1. The Morgan fingerprint density at radius 3 is 2.55 bits per heavy atom. The van der Waals surface area contributed by atoms with Crippen molar-refractivity contribution >= 4 is 44.2 Å². The first-order chi connectivity index (χ1) is 5.04. The molecular formula is C7H8BrIN2. The van der Waals surface area contributed by atoms with Crippen molar-refractivity contribution in [1.82, 2.24) is 4.98 Å². The topological polar surface area (TPSA) is 38.9 Å². The molecule has 0 fully saturated rings. The molecule has 0 aliphatic heterocycles. The van der Waals surface area contributed by atoms with Crippen LogP contribution in [0, 0.1) is 17.4 Å². The van der Waals surface area contributed by atoms with E-state index in [9.17, 15) is 0 Å². The van der Waals surface area contributed by atoms with E-state index in [2.05, 4.69) is 43.5 Å². The van der Waals surface area contributed by atoms with Crippen LogP contribution in [0.25, 0.3) is 0 Å². The highest BCUT2D eigenvalue weighted by Crippen LogP contribution is 2.26. The van der Waals surface area contributed by atoms with Crippen molar-refractivity contribution in [3.8, 4) is 0 Å². The Morgan fingerprint density at radius 1 is 1.45 bits per heavy atom. The van der Waals surface area contributed by atoms with Gasteiger partial charge < -0.3 is 5.73 Å². The molecule has 0 saturated carbocycles. The summed E-state index contributed by atoms with van der Waals surface area (Å²) >= 11 is 5.54. The van der Waals surface area contributed by atoms with Crippen LogP contribution in [0.3, 0.4) is 0 Å². The van der Waals surface area contributed by atoms with Gasteiger partial charge in [-0.15, -0.1) is 0 Å². The minimum absolute atomic E-state index is 0.736. The van der Waals surface area contributed by atoms with E-state index in [-0.39, 0.29) is 0 Å². The Labute approximate surface area is 87.9 Å². The lowest BCUT2D eigenvalue weighted by molar-refractivity contribution is 1.13. The minimum Gasteiger partial charge on any atom is -0.396 e. The number of nitrogens with zero attached hydrogens (tertiary/aromatic N) is 1. The van der Waals surface area contributed by atoms with Crippen molar-refractivity contribution in [2.75, 3.05) is 5.73 Å². The first-order valence-corrected chi connectivity index (χ1v) is 4.99. The van der Waals surface area contributed by atoms with Gasteiger partial charge in [0.1, 0.15) is 4.60 Å². The molecule has 0 spiro atoms. The summed E-state index contributed by atoms with van der Waals surface area (Å²) in [6.07, 6.45) is 0. The van der Waals surface area contributed by atoms with Gasteiger partial charge in [-0.25, -0.2) is 4.98 Å². The fourth-order valence-electron chi connectivity index (χ4n) is 0.801. The van der Waals surface area contributed by atoms with Crippen LogP contribution in [0.5, 0.6) is 0 Å². The molecule has 2 nitrogen and oxygen atoms in total. The van der Waals surface area contributed by atoms with Crippen molar-refractivity contribution in [2.24, 2.45) is 0 Å². The SMILES string of the molecule is Cc1nc(Br)c(N)c(C)c1I. The van der Waals surface area contributed by atoms with Crippen LogP contribution in [0.15, 0.2) is 4.60 Å². The van der Waals surface area contributed by atoms with E-state index in [0.717, 1.165) is 25.1 Å². The van der Waals surface area contributed by atoms with Crippen molar-refractivity contribution in [2.45, 2.75) is 13.8 Å². The average Bonchev–Trinajstić information content (AvgIpc) is 1.97. The lowest BCUT2D eigenvalue weighted by Crippen LogP contribution is -1.99. The van der Waals surface area contributed by atoms with Crippen LogP contribution < -0.4 is 5.73 Å². The zero-order valence-electron chi connectivity index (χ0n) is 6.28. The first-order valence-electron chi connectivity index (χ1n) is 3.11. The van der Waals surface area contributed by atoms with E-state index in [0.29, 0.717) is 0 Å². The summed E-state index contributed by atoms with van der Waals surface area (Å²) in [5, 5.41) is 0. The van der Waals surface area contributed by atoms with E-state index in [1.54, 1.807) is 0 Å².